The van der Waals surface area contributed by atoms with Crippen molar-refractivity contribution in [3.63, 3.8) is 0 Å². The molecular formula is C23H23O4P. The standard InChI is InChI=1S/C23H23O4P/c1-2-23(24)22(19-12-6-3-7-13-19)18-28(25,26-20-14-8-4-9-15-20)27-21-16-10-5-11-17-21/h3-17,22H,2,18H2,1H3. The highest BCUT2D eigenvalue weighted by Gasteiger charge is 2.35. The maximum atomic E-state index is 13.8. The van der Waals surface area contributed by atoms with Crippen molar-refractivity contribution in [1.29, 1.82) is 0 Å². The first-order valence-electron chi connectivity index (χ1n) is 9.25. The molecule has 0 aliphatic carbocycles. The molecule has 0 heterocycles. The van der Waals surface area contributed by atoms with Gasteiger partial charge < -0.3 is 9.05 Å². The van der Waals surface area contributed by atoms with Crippen molar-refractivity contribution in [1.82, 2.24) is 0 Å². The van der Waals surface area contributed by atoms with E-state index in [0.717, 1.165) is 5.56 Å². The lowest BCUT2D eigenvalue weighted by molar-refractivity contribution is -0.119. The molecule has 3 aromatic rings. The van der Waals surface area contributed by atoms with Crippen molar-refractivity contribution in [2.75, 3.05) is 6.16 Å². The van der Waals surface area contributed by atoms with E-state index in [1.807, 2.05) is 42.5 Å². The van der Waals surface area contributed by atoms with Crippen LogP contribution in [0.3, 0.4) is 0 Å². The zero-order valence-corrected chi connectivity index (χ0v) is 16.6. The second kappa shape index (κ2) is 9.38. The number of ketones is 1. The number of hydrogen-bond donors (Lipinski definition) is 0. The first kappa shape index (κ1) is 19.9. The molecule has 4 nitrogen and oxygen atoms in total. The largest absolute Gasteiger partial charge is 0.431 e. The van der Waals surface area contributed by atoms with Crippen molar-refractivity contribution < 1.29 is 18.4 Å². The maximum Gasteiger partial charge on any atom is 0.431 e. The Morgan fingerprint density at radius 1 is 0.786 bits per heavy atom. The molecule has 28 heavy (non-hydrogen) atoms. The lowest BCUT2D eigenvalue weighted by Crippen LogP contribution is -2.19. The summed E-state index contributed by atoms with van der Waals surface area (Å²) in [6.07, 6.45) is 0.309. The molecule has 1 unspecified atom stereocenters. The van der Waals surface area contributed by atoms with E-state index in [1.165, 1.54) is 0 Å². The second-order valence-corrected chi connectivity index (χ2v) is 8.34. The van der Waals surface area contributed by atoms with Gasteiger partial charge in [-0.15, -0.1) is 0 Å². The summed E-state index contributed by atoms with van der Waals surface area (Å²) in [5.41, 5.74) is 0.808. The number of carbonyl (C=O) groups is 1. The van der Waals surface area contributed by atoms with Gasteiger partial charge in [0.05, 0.1) is 12.1 Å². The van der Waals surface area contributed by atoms with E-state index in [9.17, 15) is 9.36 Å². The van der Waals surface area contributed by atoms with E-state index in [2.05, 4.69) is 0 Å². The van der Waals surface area contributed by atoms with Crippen LogP contribution in [-0.4, -0.2) is 11.9 Å². The van der Waals surface area contributed by atoms with Gasteiger partial charge in [-0.2, -0.15) is 0 Å². The summed E-state index contributed by atoms with van der Waals surface area (Å²) in [5.74, 6) is 0.319. The summed E-state index contributed by atoms with van der Waals surface area (Å²) in [7, 11) is -3.67. The SMILES string of the molecule is CCC(=O)C(CP(=O)(Oc1ccccc1)Oc1ccccc1)c1ccccc1. The van der Waals surface area contributed by atoms with Crippen LogP contribution in [0.1, 0.15) is 24.8 Å². The molecule has 0 saturated carbocycles. The van der Waals surface area contributed by atoms with E-state index in [-0.39, 0.29) is 11.9 Å². The van der Waals surface area contributed by atoms with Crippen LogP contribution >= 0.6 is 7.60 Å². The molecule has 3 aromatic carbocycles. The topological polar surface area (TPSA) is 52.6 Å². The molecule has 0 aliphatic rings. The Hall–Kier alpha value is -2.84. The van der Waals surface area contributed by atoms with Gasteiger partial charge in [0.15, 0.2) is 0 Å². The average Bonchev–Trinajstić information content (AvgIpc) is 2.73. The highest BCUT2D eigenvalue weighted by molar-refractivity contribution is 7.54. The summed E-state index contributed by atoms with van der Waals surface area (Å²) >= 11 is 0. The molecule has 144 valence electrons. The Morgan fingerprint density at radius 3 is 1.64 bits per heavy atom. The highest BCUT2D eigenvalue weighted by Crippen LogP contribution is 2.51. The van der Waals surface area contributed by atoms with E-state index < -0.39 is 13.5 Å². The van der Waals surface area contributed by atoms with Gasteiger partial charge in [0, 0.05) is 6.42 Å². The van der Waals surface area contributed by atoms with Crippen LogP contribution in [0.15, 0.2) is 91.0 Å². The van der Waals surface area contributed by atoms with Gasteiger partial charge in [0.25, 0.3) is 0 Å². The third-order valence-corrected chi connectivity index (χ3v) is 6.11. The minimum Gasteiger partial charge on any atom is -0.416 e. The third-order valence-electron chi connectivity index (χ3n) is 4.32. The Balaban J connectivity index is 1.94. The van der Waals surface area contributed by atoms with Crippen LogP contribution in [0.2, 0.25) is 0 Å². The van der Waals surface area contributed by atoms with Gasteiger partial charge in [-0.25, -0.2) is 4.57 Å². The molecule has 3 rings (SSSR count). The first-order chi connectivity index (χ1) is 13.6. The van der Waals surface area contributed by atoms with Gasteiger partial charge >= 0.3 is 7.60 Å². The average molecular weight is 394 g/mol. The Bertz CT molecular complexity index is 881. The van der Waals surface area contributed by atoms with Gasteiger partial charge in [-0.05, 0) is 29.8 Å². The Kier molecular flexibility index (Phi) is 6.67. The summed E-state index contributed by atoms with van der Waals surface area (Å²) in [4.78, 5) is 12.7. The van der Waals surface area contributed by atoms with Crippen LogP contribution in [-0.2, 0) is 9.36 Å². The Morgan fingerprint density at radius 2 is 1.21 bits per heavy atom. The minimum atomic E-state index is -3.67. The normalized spacial score (nSPS) is 12.2. The van der Waals surface area contributed by atoms with E-state index in [1.54, 1.807) is 55.5 Å². The smallest absolute Gasteiger partial charge is 0.416 e. The molecule has 0 aromatic heterocycles. The van der Waals surface area contributed by atoms with E-state index >= 15 is 0 Å². The molecular weight excluding hydrogens is 371 g/mol. The monoisotopic (exact) mass is 394 g/mol. The zero-order valence-electron chi connectivity index (χ0n) is 15.7. The predicted octanol–water partition coefficient (Wildman–Crippen LogP) is 6.10. The predicted molar refractivity (Wildman–Crippen MR) is 111 cm³/mol. The van der Waals surface area contributed by atoms with Crippen LogP contribution in [0, 0.1) is 0 Å². The molecule has 0 amide bonds. The molecule has 0 spiro atoms. The molecule has 0 bridgehead atoms. The quantitative estimate of drug-likeness (QED) is 0.412. The second-order valence-electron chi connectivity index (χ2n) is 6.39. The summed E-state index contributed by atoms with van der Waals surface area (Å²) < 4.78 is 25.4. The lowest BCUT2D eigenvalue weighted by atomic mass is 9.95. The molecule has 5 heteroatoms. The minimum absolute atomic E-state index is 0.000233. The van der Waals surface area contributed by atoms with E-state index in [0.29, 0.717) is 17.9 Å². The lowest BCUT2D eigenvalue weighted by Gasteiger charge is -2.24. The van der Waals surface area contributed by atoms with Crippen LogP contribution in [0.4, 0.5) is 0 Å². The highest BCUT2D eigenvalue weighted by atomic mass is 31.2. The van der Waals surface area contributed by atoms with Crippen molar-refractivity contribution in [2.45, 2.75) is 19.3 Å². The molecule has 0 fully saturated rings. The molecule has 0 aliphatic heterocycles. The van der Waals surface area contributed by atoms with Crippen molar-refractivity contribution in [3.05, 3.63) is 96.6 Å². The van der Waals surface area contributed by atoms with Gasteiger partial charge in [0.2, 0.25) is 0 Å². The first-order valence-corrected chi connectivity index (χ1v) is 11.0. The fourth-order valence-electron chi connectivity index (χ4n) is 2.93. The van der Waals surface area contributed by atoms with Crippen molar-refractivity contribution in [2.24, 2.45) is 0 Å². The third kappa shape index (κ3) is 5.34. The number of rotatable bonds is 9. The maximum absolute atomic E-state index is 13.8. The van der Waals surface area contributed by atoms with Gasteiger partial charge in [-0.1, -0.05) is 73.7 Å². The molecule has 0 saturated heterocycles. The zero-order chi connectivity index (χ0) is 19.8. The molecule has 1 atom stereocenters. The summed E-state index contributed by atoms with van der Waals surface area (Å²) in [6.45, 7) is 1.80. The summed E-state index contributed by atoms with van der Waals surface area (Å²) in [6, 6.07) is 27.1. The fraction of sp³-hybridized carbons (Fsp3) is 0.174. The number of carbonyl (C=O) groups excluding carboxylic acids is 1. The number of Topliss-reactive ketones (excluding diaryl/α,β-unsaturated/α-hetero) is 1. The van der Waals surface area contributed by atoms with Crippen LogP contribution in [0.5, 0.6) is 11.5 Å². The van der Waals surface area contributed by atoms with E-state index in [4.69, 9.17) is 9.05 Å². The number of benzene rings is 3. The molecule has 0 N–H and O–H groups in total. The van der Waals surface area contributed by atoms with Crippen LogP contribution < -0.4 is 9.05 Å². The van der Waals surface area contributed by atoms with Crippen LogP contribution in [0.25, 0.3) is 0 Å². The Labute approximate surface area is 165 Å². The molecule has 0 radical (unpaired) electrons. The van der Waals surface area contributed by atoms with Gasteiger partial charge in [-0.3, -0.25) is 4.79 Å². The summed E-state index contributed by atoms with van der Waals surface area (Å²) in [5, 5.41) is 0. The van der Waals surface area contributed by atoms with Crippen molar-refractivity contribution in [3.8, 4) is 11.5 Å². The number of para-hydroxylation sites is 2. The van der Waals surface area contributed by atoms with Crippen molar-refractivity contribution >= 4 is 13.4 Å². The number of hydrogen-bond acceptors (Lipinski definition) is 4. The fourth-order valence-corrected chi connectivity index (χ4v) is 4.86. The van der Waals surface area contributed by atoms with Gasteiger partial charge in [0.1, 0.15) is 17.3 Å².